The van der Waals surface area contributed by atoms with Gasteiger partial charge in [0.25, 0.3) is 0 Å². The third-order valence-corrected chi connectivity index (χ3v) is 6.55. The SMILES string of the molecule is NC1=CN(C2CCOCC2)CN1C(c1ccccc1)(c1ccccc1)c1ccccc1. The summed E-state index contributed by atoms with van der Waals surface area (Å²) in [6.45, 7) is 2.38. The van der Waals surface area contributed by atoms with Crippen LogP contribution in [0.25, 0.3) is 0 Å². The summed E-state index contributed by atoms with van der Waals surface area (Å²) in [5, 5.41) is 0. The van der Waals surface area contributed by atoms with Crippen molar-refractivity contribution < 1.29 is 4.74 Å². The van der Waals surface area contributed by atoms with E-state index in [1.807, 2.05) is 0 Å². The van der Waals surface area contributed by atoms with E-state index in [0.29, 0.717) is 6.04 Å². The number of hydrogen-bond acceptors (Lipinski definition) is 4. The van der Waals surface area contributed by atoms with Crippen LogP contribution in [0.15, 0.2) is 103 Å². The lowest BCUT2D eigenvalue weighted by Gasteiger charge is -2.46. The van der Waals surface area contributed by atoms with Crippen LogP contribution in [0, 0.1) is 0 Å². The van der Waals surface area contributed by atoms with Gasteiger partial charge in [-0.1, -0.05) is 91.0 Å². The third-order valence-electron chi connectivity index (χ3n) is 6.55. The Morgan fingerprint density at radius 3 is 1.61 bits per heavy atom. The van der Waals surface area contributed by atoms with Crippen molar-refractivity contribution in [1.82, 2.24) is 9.80 Å². The van der Waals surface area contributed by atoms with Crippen molar-refractivity contribution in [3.63, 3.8) is 0 Å². The van der Waals surface area contributed by atoms with Crippen LogP contribution in [0.5, 0.6) is 0 Å². The van der Waals surface area contributed by atoms with E-state index in [2.05, 4.69) is 107 Å². The molecule has 0 radical (unpaired) electrons. The van der Waals surface area contributed by atoms with E-state index in [1.54, 1.807) is 0 Å². The first-order valence-electron chi connectivity index (χ1n) is 11.0. The topological polar surface area (TPSA) is 41.7 Å². The van der Waals surface area contributed by atoms with Gasteiger partial charge in [-0.3, -0.25) is 0 Å². The van der Waals surface area contributed by atoms with Gasteiger partial charge in [0.15, 0.2) is 0 Å². The summed E-state index contributed by atoms with van der Waals surface area (Å²) in [5.74, 6) is 0.794. The number of ether oxygens (including phenoxy) is 1. The van der Waals surface area contributed by atoms with Gasteiger partial charge in [0.05, 0.1) is 6.67 Å². The van der Waals surface area contributed by atoms with Gasteiger partial charge in [-0.25, -0.2) is 0 Å². The summed E-state index contributed by atoms with van der Waals surface area (Å²) < 4.78 is 5.60. The maximum atomic E-state index is 6.79. The van der Waals surface area contributed by atoms with Crippen LogP contribution in [-0.2, 0) is 10.3 Å². The smallest absolute Gasteiger partial charge is 0.119 e. The molecule has 2 aliphatic heterocycles. The van der Waals surface area contributed by atoms with Crippen LogP contribution < -0.4 is 5.73 Å². The zero-order valence-electron chi connectivity index (χ0n) is 17.7. The summed E-state index contributed by atoms with van der Waals surface area (Å²) in [4.78, 5) is 4.77. The predicted molar refractivity (Wildman–Crippen MR) is 124 cm³/mol. The van der Waals surface area contributed by atoms with Crippen molar-refractivity contribution in [2.75, 3.05) is 19.9 Å². The summed E-state index contributed by atoms with van der Waals surface area (Å²) in [7, 11) is 0. The number of hydrogen-bond donors (Lipinski definition) is 1. The fraction of sp³-hybridized carbons (Fsp3) is 0.259. The molecule has 31 heavy (non-hydrogen) atoms. The van der Waals surface area contributed by atoms with E-state index in [1.165, 1.54) is 16.7 Å². The van der Waals surface area contributed by atoms with Crippen molar-refractivity contribution >= 4 is 0 Å². The Morgan fingerprint density at radius 2 is 1.16 bits per heavy atom. The highest BCUT2D eigenvalue weighted by atomic mass is 16.5. The first-order chi connectivity index (χ1) is 15.3. The Kier molecular flexibility index (Phi) is 5.39. The number of rotatable bonds is 5. The van der Waals surface area contributed by atoms with Gasteiger partial charge in [-0.05, 0) is 29.5 Å². The van der Waals surface area contributed by atoms with E-state index in [4.69, 9.17) is 10.5 Å². The Morgan fingerprint density at radius 1 is 0.710 bits per heavy atom. The average Bonchev–Trinajstić information content (AvgIpc) is 3.24. The van der Waals surface area contributed by atoms with Crippen LogP contribution in [0.4, 0.5) is 0 Å². The van der Waals surface area contributed by atoms with E-state index >= 15 is 0 Å². The molecule has 0 unspecified atom stereocenters. The molecule has 0 saturated carbocycles. The molecule has 5 rings (SSSR count). The lowest BCUT2D eigenvalue weighted by Crippen LogP contribution is -2.50. The number of benzene rings is 3. The van der Waals surface area contributed by atoms with Crippen molar-refractivity contribution in [2.24, 2.45) is 5.73 Å². The molecular formula is C27H29N3O. The Bertz CT molecular complexity index is 917. The molecule has 3 aromatic rings. The molecule has 0 aliphatic carbocycles. The lowest BCUT2D eigenvalue weighted by molar-refractivity contribution is 0.0373. The number of nitrogens with zero attached hydrogens (tertiary/aromatic N) is 2. The molecule has 2 N–H and O–H groups in total. The Labute approximate surface area is 184 Å². The molecule has 1 saturated heterocycles. The predicted octanol–water partition coefficient (Wildman–Crippen LogP) is 4.49. The molecule has 3 aromatic carbocycles. The summed E-state index contributed by atoms with van der Waals surface area (Å²) in [6, 6.07) is 32.6. The van der Waals surface area contributed by atoms with Gasteiger partial charge < -0.3 is 20.3 Å². The molecule has 0 bridgehead atoms. The molecule has 2 heterocycles. The van der Waals surface area contributed by atoms with Crippen LogP contribution in [0.1, 0.15) is 29.5 Å². The van der Waals surface area contributed by atoms with E-state index in [9.17, 15) is 0 Å². The molecule has 158 valence electrons. The van der Waals surface area contributed by atoms with Crippen LogP contribution in [-0.4, -0.2) is 35.7 Å². The van der Waals surface area contributed by atoms with Gasteiger partial charge in [-0.15, -0.1) is 0 Å². The molecule has 4 nitrogen and oxygen atoms in total. The second-order valence-electron chi connectivity index (χ2n) is 8.29. The van der Waals surface area contributed by atoms with Gasteiger partial charge in [0.2, 0.25) is 0 Å². The van der Waals surface area contributed by atoms with Gasteiger partial charge >= 0.3 is 0 Å². The van der Waals surface area contributed by atoms with Crippen LogP contribution >= 0.6 is 0 Å². The maximum Gasteiger partial charge on any atom is 0.119 e. The number of nitrogens with two attached hydrogens (primary N) is 1. The fourth-order valence-electron chi connectivity index (χ4n) is 5.07. The molecule has 0 spiro atoms. The van der Waals surface area contributed by atoms with Gasteiger partial charge in [0.1, 0.15) is 11.4 Å². The summed E-state index contributed by atoms with van der Waals surface area (Å²) >= 11 is 0. The van der Waals surface area contributed by atoms with E-state index in [0.717, 1.165) is 38.5 Å². The molecule has 4 heteroatoms. The lowest BCUT2D eigenvalue weighted by atomic mass is 9.75. The molecule has 0 atom stereocenters. The van der Waals surface area contributed by atoms with Crippen molar-refractivity contribution in [3.05, 3.63) is 120 Å². The van der Waals surface area contributed by atoms with Crippen molar-refractivity contribution in [1.29, 1.82) is 0 Å². The third kappa shape index (κ3) is 3.47. The average molecular weight is 412 g/mol. The highest BCUT2D eigenvalue weighted by Crippen LogP contribution is 2.45. The maximum absolute atomic E-state index is 6.79. The molecule has 0 amide bonds. The van der Waals surface area contributed by atoms with Crippen molar-refractivity contribution in [3.8, 4) is 0 Å². The monoisotopic (exact) mass is 411 g/mol. The van der Waals surface area contributed by atoms with Crippen molar-refractivity contribution in [2.45, 2.75) is 24.4 Å². The Balaban J connectivity index is 1.68. The van der Waals surface area contributed by atoms with Gasteiger partial charge in [-0.2, -0.15) is 0 Å². The van der Waals surface area contributed by atoms with E-state index < -0.39 is 5.54 Å². The first kappa shape index (κ1) is 19.7. The molecule has 0 aromatic heterocycles. The van der Waals surface area contributed by atoms with E-state index in [-0.39, 0.29) is 0 Å². The highest BCUT2D eigenvalue weighted by Gasteiger charge is 2.45. The standard InChI is InChI=1S/C27H29N3O/c28-26-20-29(25-16-18-31-19-17-25)21-30(26)27(22-10-4-1-5-11-22,23-12-6-2-7-13-23)24-14-8-3-9-15-24/h1-15,20,25H,16-19,21,28H2. The van der Waals surface area contributed by atoms with Gasteiger partial charge in [0, 0.05) is 25.5 Å². The van der Waals surface area contributed by atoms with Crippen LogP contribution in [0.2, 0.25) is 0 Å². The minimum atomic E-state index is -0.524. The highest BCUT2D eigenvalue weighted by molar-refractivity contribution is 5.51. The largest absolute Gasteiger partial charge is 0.384 e. The minimum absolute atomic E-state index is 0.456. The second kappa shape index (κ2) is 8.48. The zero-order chi connectivity index (χ0) is 21.1. The first-order valence-corrected chi connectivity index (χ1v) is 11.0. The quantitative estimate of drug-likeness (QED) is 0.628. The Hall–Kier alpha value is -3.24. The summed E-state index contributed by atoms with van der Waals surface area (Å²) in [6.07, 6.45) is 4.21. The van der Waals surface area contributed by atoms with Crippen LogP contribution in [0.3, 0.4) is 0 Å². The minimum Gasteiger partial charge on any atom is -0.384 e. The molecule has 1 fully saturated rings. The summed E-state index contributed by atoms with van der Waals surface area (Å²) in [5.41, 5.74) is 9.88. The second-order valence-corrected chi connectivity index (χ2v) is 8.29. The molecular weight excluding hydrogens is 382 g/mol. The fourth-order valence-corrected chi connectivity index (χ4v) is 5.07. The normalized spacial score (nSPS) is 17.6. The molecule has 2 aliphatic rings. The zero-order valence-corrected chi connectivity index (χ0v) is 17.7.